The number of phenolic OH excluding ortho intramolecular Hbond substituents is 1. The quantitative estimate of drug-likeness (QED) is 0.574. The summed E-state index contributed by atoms with van der Waals surface area (Å²) in [5.41, 5.74) is 4.31. The van der Waals surface area contributed by atoms with Crippen LogP contribution in [0.1, 0.15) is 69.0 Å². The van der Waals surface area contributed by atoms with E-state index in [4.69, 9.17) is 0 Å². The van der Waals surface area contributed by atoms with E-state index in [9.17, 15) is 5.11 Å². The lowest BCUT2D eigenvalue weighted by Crippen LogP contribution is -2.18. The van der Waals surface area contributed by atoms with Crippen LogP contribution in [0.5, 0.6) is 5.75 Å². The van der Waals surface area contributed by atoms with Crippen molar-refractivity contribution < 1.29 is 5.11 Å². The Balaban J connectivity index is 2.70. The molecule has 0 amide bonds. The van der Waals surface area contributed by atoms with Crippen molar-refractivity contribution in [1.29, 1.82) is 0 Å². The SMILES string of the molecule is C=CCSC(c1ccccc1)c1cc(C(C)(C)C)c(O)c(C(C)(C)C)c1. The van der Waals surface area contributed by atoms with Crippen LogP contribution in [0.25, 0.3) is 0 Å². The van der Waals surface area contributed by atoms with Crippen molar-refractivity contribution in [3.8, 4) is 5.75 Å². The lowest BCUT2D eigenvalue weighted by molar-refractivity contribution is 0.423. The Morgan fingerprint density at radius 1 is 0.923 bits per heavy atom. The van der Waals surface area contributed by atoms with Gasteiger partial charge in [-0.2, -0.15) is 0 Å². The molecular formula is C24H32OS. The zero-order valence-corrected chi connectivity index (χ0v) is 17.8. The summed E-state index contributed by atoms with van der Waals surface area (Å²) >= 11 is 1.87. The summed E-state index contributed by atoms with van der Waals surface area (Å²) in [6.45, 7) is 16.8. The highest BCUT2D eigenvalue weighted by Gasteiger charge is 2.28. The van der Waals surface area contributed by atoms with E-state index >= 15 is 0 Å². The molecule has 2 rings (SSSR count). The minimum atomic E-state index is -0.121. The second kappa shape index (κ2) is 7.92. The third kappa shape index (κ3) is 4.73. The van der Waals surface area contributed by atoms with Gasteiger partial charge in [-0.1, -0.05) is 90.1 Å². The minimum absolute atomic E-state index is 0.121. The first-order valence-electron chi connectivity index (χ1n) is 9.21. The average Bonchev–Trinajstić information content (AvgIpc) is 2.55. The molecule has 1 atom stereocenters. The Hall–Kier alpha value is -1.67. The van der Waals surface area contributed by atoms with Gasteiger partial charge < -0.3 is 5.11 Å². The largest absolute Gasteiger partial charge is 0.507 e. The van der Waals surface area contributed by atoms with Crippen LogP contribution < -0.4 is 0 Å². The molecule has 2 heteroatoms. The van der Waals surface area contributed by atoms with E-state index in [2.05, 4.69) is 90.6 Å². The van der Waals surface area contributed by atoms with E-state index in [1.165, 1.54) is 11.1 Å². The van der Waals surface area contributed by atoms with Crippen LogP contribution in [0.2, 0.25) is 0 Å². The van der Waals surface area contributed by atoms with Gasteiger partial charge in [0.2, 0.25) is 0 Å². The summed E-state index contributed by atoms with van der Waals surface area (Å²) in [6, 6.07) is 15.0. The molecular weight excluding hydrogens is 336 g/mol. The molecule has 0 heterocycles. The Morgan fingerprint density at radius 3 is 1.85 bits per heavy atom. The van der Waals surface area contributed by atoms with Crippen molar-refractivity contribution in [1.82, 2.24) is 0 Å². The van der Waals surface area contributed by atoms with Gasteiger partial charge in [0.1, 0.15) is 5.75 Å². The predicted octanol–water partition coefficient (Wildman–Crippen LogP) is 7.00. The molecule has 1 unspecified atom stereocenters. The lowest BCUT2D eigenvalue weighted by atomic mass is 9.78. The average molecular weight is 369 g/mol. The number of aromatic hydroxyl groups is 1. The van der Waals surface area contributed by atoms with Gasteiger partial charge in [0.05, 0.1) is 5.25 Å². The Bertz CT molecular complexity index is 713. The molecule has 140 valence electrons. The lowest BCUT2D eigenvalue weighted by Gasteiger charge is -2.30. The first-order chi connectivity index (χ1) is 12.1. The second-order valence-corrected chi connectivity index (χ2v) is 10.0. The fourth-order valence-electron chi connectivity index (χ4n) is 3.13. The molecule has 0 aromatic heterocycles. The van der Waals surface area contributed by atoms with Gasteiger partial charge in [-0.15, -0.1) is 18.3 Å². The molecule has 2 aromatic rings. The molecule has 0 spiro atoms. The normalized spacial score (nSPS) is 13.5. The third-order valence-corrected chi connectivity index (χ3v) is 5.84. The Labute approximate surface area is 163 Å². The zero-order chi connectivity index (χ0) is 19.5. The number of rotatable bonds is 5. The van der Waals surface area contributed by atoms with Crippen LogP contribution in [0.4, 0.5) is 0 Å². The summed E-state index contributed by atoms with van der Waals surface area (Å²) in [4.78, 5) is 0. The molecule has 0 radical (unpaired) electrons. The summed E-state index contributed by atoms with van der Waals surface area (Å²) in [6.07, 6.45) is 1.95. The monoisotopic (exact) mass is 368 g/mol. The van der Waals surface area contributed by atoms with Crippen LogP contribution in [0, 0.1) is 0 Å². The molecule has 0 saturated heterocycles. The smallest absolute Gasteiger partial charge is 0.123 e. The van der Waals surface area contributed by atoms with Gasteiger partial charge in [-0.05, 0) is 33.1 Å². The number of thioether (sulfide) groups is 1. The summed E-state index contributed by atoms with van der Waals surface area (Å²) in [7, 11) is 0. The number of benzene rings is 2. The molecule has 26 heavy (non-hydrogen) atoms. The van der Waals surface area contributed by atoms with Crippen LogP contribution in [-0.2, 0) is 10.8 Å². The topological polar surface area (TPSA) is 20.2 Å². The van der Waals surface area contributed by atoms with E-state index < -0.39 is 0 Å². The second-order valence-electron chi connectivity index (χ2n) is 8.88. The van der Waals surface area contributed by atoms with E-state index in [0.717, 1.165) is 16.9 Å². The number of hydrogen-bond acceptors (Lipinski definition) is 2. The molecule has 1 nitrogen and oxygen atoms in total. The van der Waals surface area contributed by atoms with Crippen molar-refractivity contribution in [2.45, 2.75) is 57.6 Å². The standard InChI is InChI=1S/C24H32OS/c1-8-14-26-22(17-12-10-9-11-13-17)18-15-19(23(2,3)4)21(25)20(16-18)24(5,6)7/h8-13,15-16,22,25H,1,14H2,2-7H3. The predicted molar refractivity (Wildman–Crippen MR) is 116 cm³/mol. The van der Waals surface area contributed by atoms with Crippen molar-refractivity contribution in [3.05, 3.63) is 77.4 Å². The van der Waals surface area contributed by atoms with E-state index in [1.807, 2.05) is 17.8 Å². The van der Waals surface area contributed by atoms with Crippen molar-refractivity contribution >= 4 is 11.8 Å². The van der Waals surface area contributed by atoms with Crippen molar-refractivity contribution in [3.63, 3.8) is 0 Å². The van der Waals surface area contributed by atoms with Crippen molar-refractivity contribution in [2.24, 2.45) is 0 Å². The Morgan fingerprint density at radius 2 is 1.42 bits per heavy atom. The number of hydrogen-bond donors (Lipinski definition) is 1. The van der Waals surface area contributed by atoms with E-state index in [1.54, 1.807) is 0 Å². The molecule has 0 fully saturated rings. The molecule has 0 aliphatic rings. The van der Waals surface area contributed by atoms with Crippen molar-refractivity contribution in [2.75, 3.05) is 5.75 Å². The maximum absolute atomic E-state index is 11.0. The van der Waals surface area contributed by atoms with E-state index in [-0.39, 0.29) is 16.1 Å². The van der Waals surface area contributed by atoms with Gasteiger partial charge in [0.25, 0.3) is 0 Å². The van der Waals surface area contributed by atoms with Gasteiger partial charge in [-0.25, -0.2) is 0 Å². The molecule has 2 aromatic carbocycles. The van der Waals surface area contributed by atoms with Crippen LogP contribution in [-0.4, -0.2) is 10.9 Å². The van der Waals surface area contributed by atoms with Gasteiger partial charge in [0, 0.05) is 5.75 Å². The molecule has 1 N–H and O–H groups in total. The zero-order valence-electron chi connectivity index (χ0n) is 17.0. The fourth-order valence-corrected chi connectivity index (χ4v) is 4.14. The summed E-state index contributed by atoms with van der Waals surface area (Å²) < 4.78 is 0. The third-order valence-electron chi connectivity index (χ3n) is 4.53. The first kappa shape index (κ1) is 20.6. The maximum Gasteiger partial charge on any atom is 0.123 e. The van der Waals surface area contributed by atoms with Crippen LogP contribution >= 0.6 is 11.8 Å². The Kier molecular flexibility index (Phi) is 6.29. The highest BCUT2D eigenvalue weighted by atomic mass is 32.2. The van der Waals surface area contributed by atoms with Crippen LogP contribution in [0.15, 0.2) is 55.1 Å². The molecule has 0 bridgehead atoms. The van der Waals surface area contributed by atoms with Gasteiger partial charge in [-0.3, -0.25) is 0 Å². The highest BCUT2D eigenvalue weighted by Crippen LogP contribution is 2.44. The fraction of sp³-hybridized carbons (Fsp3) is 0.417. The van der Waals surface area contributed by atoms with Gasteiger partial charge in [0.15, 0.2) is 0 Å². The summed E-state index contributed by atoms with van der Waals surface area (Å²) in [5, 5.41) is 11.2. The van der Waals surface area contributed by atoms with Crippen LogP contribution in [0.3, 0.4) is 0 Å². The summed E-state index contributed by atoms with van der Waals surface area (Å²) in [5.74, 6) is 1.32. The van der Waals surface area contributed by atoms with E-state index in [0.29, 0.717) is 5.75 Å². The molecule has 0 saturated carbocycles. The minimum Gasteiger partial charge on any atom is -0.507 e. The first-order valence-corrected chi connectivity index (χ1v) is 10.3. The van der Waals surface area contributed by atoms with Gasteiger partial charge >= 0.3 is 0 Å². The highest BCUT2D eigenvalue weighted by molar-refractivity contribution is 7.99. The molecule has 0 aliphatic carbocycles. The molecule has 0 aliphatic heterocycles. The maximum atomic E-state index is 11.0. The number of phenols is 1.